The Balaban J connectivity index is 1.84. The van der Waals surface area contributed by atoms with E-state index >= 15 is 0 Å². The molecule has 3 heterocycles. The van der Waals surface area contributed by atoms with Crippen LogP contribution in [0.2, 0.25) is 0 Å². The van der Waals surface area contributed by atoms with Crippen molar-refractivity contribution in [1.29, 1.82) is 0 Å². The number of hydrogen-bond donors (Lipinski definition) is 1. The summed E-state index contributed by atoms with van der Waals surface area (Å²) in [6.45, 7) is 8.29. The largest absolute Gasteiger partial charge is 0.444 e. The van der Waals surface area contributed by atoms with E-state index in [2.05, 4.69) is 5.32 Å². The molecule has 3 aliphatic rings. The summed E-state index contributed by atoms with van der Waals surface area (Å²) in [6, 6.07) is 0.253. The average Bonchev–Trinajstić information content (AvgIpc) is 2.93. The van der Waals surface area contributed by atoms with E-state index in [1.54, 1.807) is 0 Å². The molecule has 5 nitrogen and oxygen atoms in total. The van der Waals surface area contributed by atoms with Gasteiger partial charge in [0.25, 0.3) is 0 Å². The average molecular weight is 282 g/mol. The highest BCUT2D eigenvalue weighted by atomic mass is 16.6. The smallest absolute Gasteiger partial charge is 0.411 e. The SMILES string of the molecule is CC(C)(C)OC(=O)N1C2CCC1([C@H]1CCCO1)CNC2. The highest BCUT2D eigenvalue weighted by Crippen LogP contribution is 2.43. The molecule has 114 valence electrons. The second kappa shape index (κ2) is 4.88. The molecule has 5 heteroatoms. The number of piperazine rings is 1. The van der Waals surface area contributed by atoms with Crippen LogP contribution >= 0.6 is 0 Å². The Labute approximate surface area is 121 Å². The minimum absolute atomic E-state index is 0.160. The molecule has 3 saturated heterocycles. The molecule has 3 aliphatic heterocycles. The molecular formula is C15H26N2O3. The molecule has 3 rings (SSSR count). The van der Waals surface area contributed by atoms with Crippen LogP contribution in [0.1, 0.15) is 46.5 Å². The predicted molar refractivity (Wildman–Crippen MR) is 75.7 cm³/mol. The maximum Gasteiger partial charge on any atom is 0.411 e. The van der Waals surface area contributed by atoms with Crippen molar-refractivity contribution >= 4 is 6.09 Å². The minimum Gasteiger partial charge on any atom is -0.444 e. The number of hydrogen-bond acceptors (Lipinski definition) is 4. The molecule has 1 amide bonds. The summed E-state index contributed by atoms with van der Waals surface area (Å²) in [6.07, 6.45) is 4.21. The summed E-state index contributed by atoms with van der Waals surface area (Å²) < 4.78 is 11.6. The minimum atomic E-state index is -0.445. The van der Waals surface area contributed by atoms with E-state index in [-0.39, 0.29) is 23.8 Å². The lowest BCUT2D eigenvalue weighted by Gasteiger charge is -2.47. The fourth-order valence-electron chi connectivity index (χ4n) is 3.93. The van der Waals surface area contributed by atoms with Crippen LogP contribution in [0.3, 0.4) is 0 Å². The Morgan fingerprint density at radius 3 is 2.85 bits per heavy atom. The first-order chi connectivity index (χ1) is 9.42. The van der Waals surface area contributed by atoms with Crippen LogP contribution in [-0.2, 0) is 9.47 Å². The molecule has 0 aromatic rings. The summed E-state index contributed by atoms with van der Waals surface area (Å²) in [5.74, 6) is 0. The molecule has 2 unspecified atom stereocenters. The van der Waals surface area contributed by atoms with Gasteiger partial charge in [-0.25, -0.2) is 4.79 Å². The third kappa shape index (κ3) is 2.31. The molecule has 0 saturated carbocycles. The summed E-state index contributed by atoms with van der Waals surface area (Å²) in [7, 11) is 0. The molecule has 0 spiro atoms. The molecular weight excluding hydrogens is 256 g/mol. The van der Waals surface area contributed by atoms with Crippen LogP contribution in [-0.4, -0.2) is 54.0 Å². The number of nitrogens with zero attached hydrogens (tertiary/aromatic N) is 1. The first kappa shape index (κ1) is 14.1. The number of ether oxygens (including phenoxy) is 2. The van der Waals surface area contributed by atoms with Crippen molar-refractivity contribution < 1.29 is 14.3 Å². The van der Waals surface area contributed by atoms with Crippen LogP contribution in [0.4, 0.5) is 4.79 Å². The van der Waals surface area contributed by atoms with Crippen molar-refractivity contribution in [3.05, 3.63) is 0 Å². The van der Waals surface area contributed by atoms with Crippen molar-refractivity contribution in [1.82, 2.24) is 10.2 Å². The number of fused-ring (bicyclic) bond motifs is 2. The summed E-state index contributed by atoms with van der Waals surface area (Å²) in [5, 5.41) is 3.48. The summed E-state index contributed by atoms with van der Waals surface area (Å²) >= 11 is 0. The maximum absolute atomic E-state index is 12.7. The fourth-order valence-corrected chi connectivity index (χ4v) is 3.93. The molecule has 0 radical (unpaired) electrons. The van der Waals surface area contributed by atoms with Crippen molar-refractivity contribution in [2.45, 2.75) is 69.7 Å². The zero-order chi connectivity index (χ0) is 14.4. The van der Waals surface area contributed by atoms with Crippen molar-refractivity contribution in [2.24, 2.45) is 0 Å². The molecule has 0 aromatic carbocycles. The van der Waals surface area contributed by atoms with Crippen LogP contribution in [0.25, 0.3) is 0 Å². The lowest BCUT2D eigenvalue weighted by Crippen LogP contribution is -2.67. The van der Waals surface area contributed by atoms with Crippen LogP contribution in [0, 0.1) is 0 Å². The number of amides is 1. The van der Waals surface area contributed by atoms with Crippen molar-refractivity contribution in [2.75, 3.05) is 19.7 Å². The fraction of sp³-hybridized carbons (Fsp3) is 0.933. The molecule has 2 bridgehead atoms. The zero-order valence-electron chi connectivity index (χ0n) is 12.8. The second-order valence-electron chi connectivity index (χ2n) is 7.28. The Morgan fingerprint density at radius 1 is 1.40 bits per heavy atom. The highest BCUT2D eigenvalue weighted by Gasteiger charge is 2.57. The number of carbonyl (C=O) groups excluding carboxylic acids is 1. The van der Waals surface area contributed by atoms with Gasteiger partial charge in [0.1, 0.15) is 5.60 Å². The van der Waals surface area contributed by atoms with E-state index in [4.69, 9.17) is 9.47 Å². The van der Waals surface area contributed by atoms with Crippen LogP contribution in [0.15, 0.2) is 0 Å². The molecule has 3 fully saturated rings. The highest BCUT2D eigenvalue weighted by molar-refractivity contribution is 5.71. The topological polar surface area (TPSA) is 50.8 Å². The standard InChI is InChI=1S/C15H26N2O3/c1-14(2,3)20-13(18)17-11-6-7-15(17,10-16-9-11)12-5-4-8-19-12/h11-12,16H,4-10H2,1-3H3/t11?,12-,15?/m1/s1. The van der Waals surface area contributed by atoms with E-state index in [9.17, 15) is 4.79 Å². The quantitative estimate of drug-likeness (QED) is 0.798. The van der Waals surface area contributed by atoms with Gasteiger partial charge in [-0.2, -0.15) is 0 Å². The van der Waals surface area contributed by atoms with Crippen molar-refractivity contribution in [3.63, 3.8) is 0 Å². The van der Waals surface area contributed by atoms with Gasteiger partial charge in [-0.3, -0.25) is 4.90 Å². The van der Waals surface area contributed by atoms with Gasteiger partial charge in [0.15, 0.2) is 0 Å². The Morgan fingerprint density at radius 2 is 2.20 bits per heavy atom. The Hall–Kier alpha value is -0.810. The third-order valence-electron chi connectivity index (χ3n) is 4.69. The first-order valence-electron chi connectivity index (χ1n) is 7.77. The summed E-state index contributed by atoms with van der Waals surface area (Å²) in [4.78, 5) is 14.7. The van der Waals surface area contributed by atoms with Gasteiger partial charge >= 0.3 is 6.09 Å². The van der Waals surface area contributed by atoms with Gasteiger partial charge in [-0.15, -0.1) is 0 Å². The molecule has 1 N–H and O–H groups in total. The number of nitrogens with one attached hydrogen (secondary N) is 1. The van der Waals surface area contributed by atoms with E-state index in [1.807, 2.05) is 25.7 Å². The molecule has 0 aromatic heterocycles. The van der Waals surface area contributed by atoms with Gasteiger partial charge in [-0.05, 0) is 46.5 Å². The van der Waals surface area contributed by atoms with Gasteiger partial charge in [0.2, 0.25) is 0 Å². The van der Waals surface area contributed by atoms with E-state index in [1.165, 1.54) is 0 Å². The van der Waals surface area contributed by atoms with E-state index in [0.29, 0.717) is 0 Å². The second-order valence-corrected chi connectivity index (χ2v) is 7.28. The first-order valence-corrected chi connectivity index (χ1v) is 7.77. The van der Waals surface area contributed by atoms with Gasteiger partial charge in [0, 0.05) is 25.7 Å². The third-order valence-corrected chi connectivity index (χ3v) is 4.69. The summed E-state index contributed by atoms with van der Waals surface area (Å²) in [5.41, 5.74) is -0.638. The Kier molecular flexibility index (Phi) is 3.45. The van der Waals surface area contributed by atoms with E-state index < -0.39 is 5.60 Å². The van der Waals surface area contributed by atoms with Crippen LogP contribution < -0.4 is 5.32 Å². The van der Waals surface area contributed by atoms with Gasteiger partial charge in [0.05, 0.1) is 11.6 Å². The number of rotatable bonds is 1. The van der Waals surface area contributed by atoms with Crippen LogP contribution in [0.5, 0.6) is 0 Å². The predicted octanol–water partition coefficient (Wildman–Crippen LogP) is 1.91. The zero-order valence-corrected chi connectivity index (χ0v) is 12.8. The normalized spacial score (nSPS) is 37.2. The lowest BCUT2D eigenvalue weighted by atomic mass is 9.87. The molecule has 3 atom stereocenters. The van der Waals surface area contributed by atoms with E-state index in [0.717, 1.165) is 45.4 Å². The van der Waals surface area contributed by atoms with Crippen molar-refractivity contribution in [3.8, 4) is 0 Å². The van der Waals surface area contributed by atoms with Gasteiger partial charge < -0.3 is 14.8 Å². The Bertz CT molecular complexity index is 383. The molecule has 0 aliphatic carbocycles. The molecule has 20 heavy (non-hydrogen) atoms. The number of carbonyl (C=O) groups is 1. The maximum atomic E-state index is 12.7. The van der Waals surface area contributed by atoms with Gasteiger partial charge in [-0.1, -0.05) is 0 Å². The monoisotopic (exact) mass is 282 g/mol. The lowest BCUT2D eigenvalue weighted by molar-refractivity contribution is -0.0604.